The van der Waals surface area contributed by atoms with Gasteiger partial charge in [0, 0.05) is 56.8 Å². The summed E-state index contributed by atoms with van der Waals surface area (Å²) in [5, 5.41) is 8.59. The highest BCUT2D eigenvalue weighted by Gasteiger charge is 2.06. The van der Waals surface area contributed by atoms with Gasteiger partial charge in [0.1, 0.15) is 5.78 Å². The van der Waals surface area contributed by atoms with Crippen LogP contribution in [0.15, 0.2) is 0 Å². The van der Waals surface area contributed by atoms with Crippen molar-refractivity contribution in [1.82, 2.24) is 16.0 Å². The van der Waals surface area contributed by atoms with Crippen molar-refractivity contribution < 1.29 is 23.9 Å². The quantitative estimate of drug-likeness (QED) is 0.0975. The van der Waals surface area contributed by atoms with Crippen LogP contribution in [0.5, 0.6) is 0 Å². The van der Waals surface area contributed by atoms with Crippen LogP contribution in [-0.4, -0.2) is 54.8 Å². The van der Waals surface area contributed by atoms with Gasteiger partial charge in [-0.3, -0.25) is 19.2 Å². The Labute approximate surface area is 278 Å². The van der Waals surface area contributed by atoms with Gasteiger partial charge in [-0.25, -0.2) is 0 Å². The molecule has 0 saturated heterocycles. The van der Waals surface area contributed by atoms with Crippen molar-refractivity contribution in [3.8, 4) is 0 Å². The predicted molar refractivity (Wildman–Crippen MR) is 190 cm³/mol. The van der Waals surface area contributed by atoms with E-state index in [0.717, 1.165) is 38.0 Å². The lowest BCUT2D eigenvalue weighted by atomic mass is 10.0. The van der Waals surface area contributed by atoms with Gasteiger partial charge in [-0.15, -0.1) is 0 Å². The van der Waals surface area contributed by atoms with Gasteiger partial charge >= 0.3 is 0 Å². The summed E-state index contributed by atoms with van der Waals surface area (Å²) in [5.41, 5.74) is 0. The Bertz CT molecular complexity index is 734. The highest BCUT2D eigenvalue weighted by Crippen LogP contribution is 2.09. The number of carbonyl (C=O) groups excluding carboxylic acids is 4. The Balaban J connectivity index is -0.000000607. The molecule has 0 aromatic carbocycles. The minimum absolute atomic E-state index is 0.0167. The van der Waals surface area contributed by atoms with Crippen LogP contribution in [0, 0.1) is 17.8 Å². The Morgan fingerprint density at radius 1 is 0.422 bits per heavy atom. The summed E-state index contributed by atoms with van der Waals surface area (Å²) in [5.74, 6) is 2.80. The van der Waals surface area contributed by atoms with Gasteiger partial charge in [0.25, 0.3) is 0 Å². The van der Waals surface area contributed by atoms with Crippen LogP contribution >= 0.6 is 0 Å². The van der Waals surface area contributed by atoms with Gasteiger partial charge in [0.2, 0.25) is 17.7 Å². The Kier molecular flexibility index (Phi) is 33.7. The van der Waals surface area contributed by atoms with Crippen LogP contribution in [0.1, 0.15) is 167 Å². The zero-order valence-corrected chi connectivity index (χ0v) is 31.6. The van der Waals surface area contributed by atoms with Gasteiger partial charge in [0.05, 0.1) is 6.61 Å². The molecule has 0 aromatic rings. The van der Waals surface area contributed by atoms with Crippen molar-refractivity contribution in [2.45, 2.75) is 185 Å². The van der Waals surface area contributed by atoms with E-state index < -0.39 is 0 Å². The van der Waals surface area contributed by atoms with E-state index in [2.05, 4.69) is 57.5 Å². The number of hydrogen-bond donors (Lipinski definition) is 3. The average molecular weight is 642 g/mol. The van der Waals surface area contributed by atoms with Crippen molar-refractivity contribution in [2.24, 2.45) is 17.8 Å². The molecule has 8 nitrogen and oxygen atoms in total. The molecule has 0 atom stereocenters. The maximum absolute atomic E-state index is 11.5. The third kappa shape index (κ3) is 46.6. The first-order chi connectivity index (χ1) is 21.0. The highest BCUT2D eigenvalue weighted by atomic mass is 16.5. The van der Waals surface area contributed by atoms with Gasteiger partial charge < -0.3 is 20.7 Å². The zero-order chi connectivity index (χ0) is 35.2. The fraction of sp³-hybridized carbons (Fsp3) is 0.892. The summed E-state index contributed by atoms with van der Waals surface area (Å²) in [6.07, 6.45) is 11.7. The molecule has 45 heavy (non-hydrogen) atoms. The van der Waals surface area contributed by atoms with Crippen LogP contribution in [0.3, 0.4) is 0 Å². The second-order valence-electron chi connectivity index (χ2n) is 14.4. The van der Waals surface area contributed by atoms with Crippen molar-refractivity contribution >= 4 is 23.5 Å². The SMILES string of the molecule is CC(C)CCC(=O)CCCOCCC(=O)NC(C)C.CC(C)CCCC(=O)NC(C)C.CC(C)CCCCCC(=O)NC(C)C. The van der Waals surface area contributed by atoms with E-state index in [9.17, 15) is 19.2 Å². The van der Waals surface area contributed by atoms with Gasteiger partial charge in [-0.1, -0.05) is 67.2 Å². The molecule has 0 unspecified atom stereocenters. The van der Waals surface area contributed by atoms with Gasteiger partial charge in [-0.2, -0.15) is 0 Å². The molecule has 0 aliphatic heterocycles. The normalized spacial score (nSPS) is 11.0. The van der Waals surface area contributed by atoms with Crippen LogP contribution in [0.2, 0.25) is 0 Å². The predicted octanol–water partition coefficient (Wildman–Crippen LogP) is 8.16. The molecule has 268 valence electrons. The number of ketones is 1. The van der Waals surface area contributed by atoms with E-state index in [0.29, 0.717) is 62.9 Å². The standard InChI is InChI=1S/C15H29NO3.C12H25NO.C10H21NO/c1-12(2)7-8-14(17)6-5-10-19-11-9-15(18)16-13(3)4;1-10(2)8-6-5-7-9-12(14)13-11(3)4;1-8(2)6-5-7-10(12)11-9(3)4/h12-13H,5-11H2,1-4H3,(H,16,18);10-11H,5-9H2,1-4H3,(H,13,14);8-9H,5-7H2,1-4H3,(H,11,12). The zero-order valence-electron chi connectivity index (χ0n) is 31.6. The summed E-state index contributed by atoms with van der Waals surface area (Å²) >= 11 is 0. The van der Waals surface area contributed by atoms with E-state index in [4.69, 9.17) is 4.74 Å². The molecule has 8 heteroatoms. The van der Waals surface area contributed by atoms with Crippen LogP contribution < -0.4 is 16.0 Å². The Morgan fingerprint density at radius 2 is 0.844 bits per heavy atom. The lowest BCUT2D eigenvalue weighted by molar-refractivity contribution is -0.123. The number of hydrogen-bond acceptors (Lipinski definition) is 5. The van der Waals surface area contributed by atoms with Crippen molar-refractivity contribution in [3.63, 3.8) is 0 Å². The summed E-state index contributed by atoms with van der Waals surface area (Å²) in [6, 6.07) is 0.723. The molecule has 0 saturated carbocycles. The number of amides is 3. The molecular weight excluding hydrogens is 566 g/mol. The molecule has 0 aliphatic rings. The third-order valence-corrected chi connectivity index (χ3v) is 6.44. The van der Waals surface area contributed by atoms with E-state index >= 15 is 0 Å². The first-order valence-corrected chi connectivity index (χ1v) is 17.9. The third-order valence-electron chi connectivity index (χ3n) is 6.44. The number of Topliss-reactive ketones (excluding diaryl/α,β-unsaturated/α-hetero) is 1. The molecule has 0 aliphatic carbocycles. The molecule has 0 aromatic heterocycles. The average Bonchev–Trinajstić information content (AvgIpc) is 2.88. The second-order valence-corrected chi connectivity index (χ2v) is 14.4. The molecule has 0 heterocycles. The summed E-state index contributed by atoms with van der Waals surface area (Å²) in [7, 11) is 0. The van der Waals surface area contributed by atoms with Crippen LogP contribution in [0.25, 0.3) is 0 Å². The molecule has 0 radical (unpaired) electrons. The number of unbranched alkanes of at least 4 members (excludes halogenated alkanes) is 2. The lowest BCUT2D eigenvalue weighted by Crippen LogP contribution is -2.30. The monoisotopic (exact) mass is 642 g/mol. The lowest BCUT2D eigenvalue weighted by Gasteiger charge is -2.08. The Hall–Kier alpha value is -1.96. The fourth-order valence-electron chi connectivity index (χ4n) is 4.08. The molecule has 3 amide bonds. The summed E-state index contributed by atoms with van der Waals surface area (Å²) < 4.78 is 5.35. The minimum atomic E-state index is 0.0167. The van der Waals surface area contributed by atoms with Crippen molar-refractivity contribution in [3.05, 3.63) is 0 Å². The highest BCUT2D eigenvalue weighted by molar-refractivity contribution is 5.78. The minimum Gasteiger partial charge on any atom is -0.381 e. The van der Waals surface area contributed by atoms with E-state index in [-0.39, 0.29) is 35.8 Å². The van der Waals surface area contributed by atoms with E-state index in [1.54, 1.807) is 0 Å². The van der Waals surface area contributed by atoms with E-state index in [1.165, 1.54) is 19.3 Å². The Morgan fingerprint density at radius 3 is 1.29 bits per heavy atom. The van der Waals surface area contributed by atoms with Gasteiger partial charge in [-0.05, 0) is 85.0 Å². The number of ether oxygens (including phenoxy) is 1. The molecular formula is C37H75N3O5. The summed E-state index contributed by atoms with van der Waals surface area (Å²) in [6.45, 7) is 25.9. The summed E-state index contributed by atoms with van der Waals surface area (Å²) in [4.78, 5) is 45.2. The molecule has 3 N–H and O–H groups in total. The number of carbonyl (C=O) groups is 4. The number of nitrogens with one attached hydrogen (secondary N) is 3. The number of rotatable bonds is 23. The van der Waals surface area contributed by atoms with Crippen LogP contribution in [0.4, 0.5) is 0 Å². The topological polar surface area (TPSA) is 114 Å². The molecule has 0 spiro atoms. The second kappa shape index (κ2) is 32.0. The molecule has 0 fully saturated rings. The molecule has 0 rings (SSSR count). The maximum Gasteiger partial charge on any atom is 0.222 e. The van der Waals surface area contributed by atoms with Crippen molar-refractivity contribution in [2.75, 3.05) is 13.2 Å². The molecule has 0 bridgehead atoms. The fourth-order valence-corrected chi connectivity index (χ4v) is 4.08. The van der Waals surface area contributed by atoms with E-state index in [1.807, 2.05) is 41.5 Å². The van der Waals surface area contributed by atoms with Gasteiger partial charge in [0.15, 0.2) is 0 Å². The first-order valence-electron chi connectivity index (χ1n) is 17.9. The van der Waals surface area contributed by atoms with Crippen LogP contribution in [-0.2, 0) is 23.9 Å². The maximum atomic E-state index is 11.5. The first kappa shape index (κ1) is 47.4. The smallest absolute Gasteiger partial charge is 0.222 e. The van der Waals surface area contributed by atoms with Crippen molar-refractivity contribution in [1.29, 1.82) is 0 Å². The largest absolute Gasteiger partial charge is 0.381 e.